The van der Waals surface area contributed by atoms with Gasteiger partial charge < -0.3 is 0 Å². The van der Waals surface area contributed by atoms with Gasteiger partial charge in [-0.3, -0.25) is 0 Å². The van der Waals surface area contributed by atoms with Gasteiger partial charge in [0.25, 0.3) is 0 Å². The monoisotopic (exact) mass is 263 g/mol. The van der Waals surface area contributed by atoms with E-state index in [9.17, 15) is 0 Å². The molecule has 84 valence electrons. The highest BCUT2D eigenvalue weighted by atomic mass is 35.5. The number of aromatic nitrogens is 3. The predicted octanol–water partition coefficient (Wildman–Crippen LogP) is 3.70. The highest BCUT2D eigenvalue weighted by molar-refractivity contribution is 6.42. The molecule has 0 bridgehead atoms. The molecular formula is C12H7Cl2N3. The minimum atomic E-state index is 0.503. The molecule has 5 heteroatoms. The van der Waals surface area contributed by atoms with Gasteiger partial charge in [0.05, 0.1) is 10.0 Å². The smallest absolute Gasteiger partial charge is 0.182 e. The van der Waals surface area contributed by atoms with Crippen LogP contribution in [0.5, 0.6) is 0 Å². The van der Waals surface area contributed by atoms with Crippen LogP contribution in [0.25, 0.3) is 17.0 Å². The van der Waals surface area contributed by atoms with Gasteiger partial charge in [-0.1, -0.05) is 29.3 Å². The maximum absolute atomic E-state index is 5.97. The maximum atomic E-state index is 5.97. The molecule has 17 heavy (non-hydrogen) atoms. The number of fused-ring (bicyclic) bond motifs is 1. The standard InChI is InChI=1S/C12H7Cl2N3/c13-9-5-4-8(7-10(9)14)12-15-11-3-1-2-6-17(11)16-12/h1-7H. The molecule has 0 radical (unpaired) electrons. The Labute approximate surface area is 108 Å². The third-order valence-electron chi connectivity index (χ3n) is 2.42. The number of hydrogen-bond acceptors (Lipinski definition) is 2. The molecule has 0 aliphatic heterocycles. The maximum Gasteiger partial charge on any atom is 0.182 e. The summed E-state index contributed by atoms with van der Waals surface area (Å²) in [5.74, 6) is 0.634. The molecule has 0 saturated heterocycles. The van der Waals surface area contributed by atoms with Gasteiger partial charge in [0, 0.05) is 11.8 Å². The molecule has 0 aliphatic rings. The highest BCUT2D eigenvalue weighted by Crippen LogP contribution is 2.26. The topological polar surface area (TPSA) is 30.2 Å². The quantitative estimate of drug-likeness (QED) is 0.670. The van der Waals surface area contributed by atoms with Crippen molar-refractivity contribution >= 4 is 28.8 Å². The molecule has 0 saturated carbocycles. The van der Waals surface area contributed by atoms with Crippen LogP contribution >= 0.6 is 23.2 Å². The lowest BCUT2D eigenvalue weighted by Crippen LogP contribution is -1.85. The average Bonchev–Trinajstić information content (AvgIpc) is 2.76. The molecular weight excluding hydrogens is 257 g/mol. The molecule has 3 rings (SSSR count). The lowest BCUT2D eigenvalue weighted by Gasteiger charge is -1.97. The summed E-state index contributed by atoms with van der Waals surface area (Å²) in [6, 6.07) is 11.1. The van der Waals surface area contributed by atoms with E-state index in [4.69, 9.17) is 23.2 Å². The Bertz CT molecular complexity index is 658. The van der Waals surface area contributed by atoms with E-state index in [2.05, 4.69) is 10.1 Å². The number of pyridine rings is 1. The largest absolute Gasteiger partial charge is 0.221 e. The van der Waals surface area contributed by atoms with Crippen LogP contribution in [0.1, 0.15) is 0 Å². The fourth-order valence-corrected chi connectivity index (χ4v) is 1.89. The first-order chi connectivity index (χ1) is 8.24. The molecule has 0 aliphatic carbocycles. The average molecular weight is 264 g/mol. The minimum absolute atomic E-state index is 0.503. The van der Waals surface area contributed by atoms with Gasteiger partial charge in [-0.15, -0.1) is 5.10 Å². The van der Waals surface area contributed by atoms with Gasteiger partial charge in [-0.2, -0.15) is 0 Å². The van der Waals surface area contributed by atoms with Crippen LogP contribution in [0.4, 0.5) is 0 Å². The minimum Gasteiger partial charge on any atom is -0.221 e. The molecule has 0 unspecified atom stereocenters. The third kappa shape index (κ3) is 1.88. The summed E-state index contributed by atoms with van der Waals surface area (Å²) in [6.45, 7) is 0. The first kappa shape index (κ1) is 10.6. The van der Waals surface area contributed by atoms with Crippen molar-refractivity contribution in [1.82, 2.24) is 14.6 Å². The van der Waals surface area contributed by atoms with E-state index in [1.54, 1.807) is 16.6 Å². The normalized spacial score (nSPS) is 10.9. The van der Waals surface area contributed by atoms with Gasteiger partial charge in [0.2, 0.25) is 0 Å². The van der Waals surface area contributed by atoms with Crippen molar-refractivity contribution in [1.29, 1.82) is 0 Å². The van der Waals surface area contributed by atoms with E-state index < -0.39 is 0 Å². The molecule has 1 aromatic carbocycles. The lowest BCUT2D eigenvalue weighted by atomic mass is 10.2. The second kappa shape index (κ2) is 4.02. The first-order valence-corrected chi connectivity index (χ1v) is 5.76. The summed E-state index contributed by atoms with van der Waals surface area (Å²) >= 11 is 11.8. The number of nitrogens with zero attached hydrogens (tertiary/aromatic N) is 3. The molecule has 0 spiro atoms. The Morgan fingerprint density at radius 2 is 1.88 bits per heavy atom. The van der Waals surface area contributed by atoms with Crippen molar-refractivity contribution in [3.63, 3.8) is 0 Å². The Hall–Kier alpha value is -1.58. The summed E-state index contributed by atoms with van der Waals surface area (Å²) in [4.78, 5) is 4.40. The summed E-state index contributed by atoms with van der Waals surface area (Å²) in [5, 5.41) is 5.39. The molecule has 3 nitrogen and oxygen atoms in total. The van der Waals surface area contributed by atoms with Crippen molar-refractivity contribution in [3.05, 3.63) is 52.6 Å². The fraction of sp³-hybridized carbons (Fsp3) is 0. The van der Waals surface area contributed by atoms with E-state index >= 15 is 0 Å². The zero-order valence-electron chi connectivity index (χ0n) is 8.64. The first-order valence-electron chi connectivity index (χ1n) is 5.01. The molecule has 2 heterocycles. The van der Waals surface area contributed by atoms with E-state index in [-0.39, 0.29) is 0 Å². The molecule has 0 atom stereocenters. The zero-order chi connectivity index (χ0) is 11.8. The van der Waals surface area contributed by atoms with Gasteiger partial charge in [0.1, 0.15) is 0 Å². The third-order valence-corrected chi connectivity index (χ3v) is 3.16. The number of benzene rings is 1. The van der Waals surface area contributed by atoms with Gasteiger partial charge in [-0.25, -0.2) is 9.50 Å². The molecule has 2 aromatic heterocycles. The number of rotatable bonds is 1. The Morgan fingerprint density at radius 1 is 1.00 bits per heavy atom. The van der Waals surface area contributed by atoms with Crippen LogP contribution in [0, 0.1) is 0 Å². The SMILES string of the molecule is Clc1ccc(-c2nc3ccccn3n2)cc1Cl. The van der Waals surface area contributed by atoms with Gasteiger partial charge >= 0.3 is 0 Å². The highest BCUT2D eigenvalue weighted by Gasteiger charge is 2.07. The molecule has 3 aromatic rings. The van der Waals surface area contributed by atoms with Crippen LogP contribution in [0.15, 0.2) is 42.6 Å². The van der Waals surface area contributed by atoms with Crippen LogP contribution in [0.3, 0.4) is 0 Å². The van der Waals surface area contributed by atoms with E-state index in [0.717, 1.165) is 11.2 Å². The predicted molar refractivity (Wildman–Crippen MR) is 68.4 cm³/mol. The second-order valence-electron chi connectivity index (χ2n) is 3.57. The summed E-state index contributed by atoms with van der Waals surface area (Å²) in [7, 11) is 0. The Morgan fingerprint density at radius 3 is 2.65 bits per heavy atom. The van der Waals surface area contributed by atoms with Crippen LogP contribution in [-0.4, -0.2) is 14.6 Å². The van der Waals surface area contributed by atoms with Gasteiger partial charge in [0.15, 0.2) is 11.5 Å². The van der Waals surface area contributed by atoms with Crippen molar-refractivity contribution in [2.45, 2.75) is 0 Å². The van der Waals surface area contributed by atoms with Crippen LogP contribution in [-0.2, 0) is 0 Å². The van der Waals surface area contributed by atoms with Crippen molar-refractivity contribution < 1.29 is 0 Å². The van der Waals surface area contributed by atoms with Gasteiger partial charge in [-0.05, 0) is 30.3 Å². The van der Waals surface area contributed by atoms with Crippen LogP contribution in [0.2, 0.25) is 10.0 Å². The number of hydrogen-bond donors (Lipinski definition) is 0. The molecule has 0 amide bonds. The molecule has 0 fully saturated rings. The summed E-state index contributed by atoms with van der Waals surface area (Å²) < 4.78 is 1.72. The number of halogens is 2. The van der Waals surface area contributed by atoms with Crippen LogP contribution < -0.4 is 0 Å². The Balaban J connectivity index is 2.17. The van der Waals surface area contributed by atoms with Crippen molar-refractivity contribution in [2.75, 3.05) is 0 Å². The Kier molecular flexibility index (Phi) is 2.50. The lowest BCUT2D eigenvalue weighted by molar-refractivity contribution is 0.966. The fourth-order valence-electron chi connectivity index (χ4n) is 1.59. The zero-order valence-corrected chi connectivity index (χ0v) is 10.2. The molecule has 0 N–H and O–H groups in total. The summed E-state index contributed by atoms with van der Waals surface area (Å²) in [6.07, 6.45) is 1.85. The van der Waals surface area contributed by atoms with E-state index in [0.29, 0.717) is 15.9 Å². The van der Waals surface area contributed by atoms with Crippen molar-refractivity contribution in [3.8, 4) is 11.4 Å². The van der Waals surface area contributed by atoms with E-state index in [1.165, 1.54) is 0 Å². The second-order valence-corrected chi connectivity index (χ2v) is 4.38. The summed E-state index contributed by atoms with van der Waals surface area (Å²) in [5.41, 5.74) is 1.65. The van der Waals surface area contributed by atoms with E-state index in [1.807, 2.05) is 30.5 Å². The van der Waals surface area contributed by atoms with Crippen molar-refractivity contribution in [2.24, 2.45) is 0 Å².